The summed E-state index contributed by atoms with van der Waals surface area (Å²) in [6.07, 6.45) is 5.79. The van der Waals surface area contributed by atoms with E-state index >= 15 is 0 Å². The number of hydrogen-bond acceptors (Lipinski definition) is 3. The van der Waals surface area contributed by atoms with Gasteiger partial charge in [0.2, 0.25) is 0 Å². The molecule has 1 aromatic heterocycles. The Morgan fingerprint density at radius 3 is 2.13 bits per heavy atom. The number of aromatic nitrogens is 2. The van der Waals surface area contributed by atoms with Crippen LogP contribution in [0.3, 0.4) is 0 Å². The van der Waals surface area contributed by atoms with Gasteiger partial charge in [-0.2, -0.15) is 5.10 Å². The second-order valence-corrected chi connectivity index (χ2v) is 7.38. The Hall–Kier alpha value is -3.22. The molecule has 7 heteroatoms. The molecule has 0 radical (unpaired) electrons. The van der Waals surface area contributed by atoms with E-state index in [0.717, 1.165) is 31.2 Å². The zero-order valence-electron chi connectivity index (χ0n) is 16.6. The van der Waals surface area contributed by atoms with Gasteiger partial charge in [-0.1, -0.05) is 25.0 Å². The van der Waals surface area contributed by atoms with Crippen molar-refractivity contribution in [3.05, 3.63) is 77.6 Å². The Morgan fingerprint density at radius 1 is 0.900 bits per heavy atom. The van der Waals surface area contributed by atoms with E-state index in [2.05, 4.69) is 5.10 Å². The Labute approximate surface area is 173 Å². The molecule has 2 heterocycles. The lowest BCUT2D eigenvalue weighted by Gasteiger charge is -2.19. The van der Waals surface area contributed by atoms with Gasteiger partial charge in [-0.05, 0) is 54.8 Å². The number of likely N-dealkylation sites (tertiary alicyclic amines) is 1. The average molecular weight is 411 g/mol. The lowest BCUT2D eigenvalue weighted by atomic mass is 10.2. The average Bonchev–Trinajstić information content (AvgIpc) is 2.99. The summed E-state index contributed by atoms with van der Waals surface area (Å²) in [5, 5.41) is 4.46. The van der Waals surface area contributed by atoms with Crippen LogP contribution in [0, 0.1) is 11.6 Å². The zero-order chi connectivity index (χ0) is 20.9. The smallest absolute Gasteiger partial charge is 0.278 e. The molecule has 2 aromatic carbocycles. The molecule has 0 N–H and O–H groups in total. The highest BCUT2D eigenvalue weighted by molar-refractivity contribution is 5.95. The molecule has 30 heavy (non-hydrogen) atoms. The molecule has 5 nitrogen and oxygen atoms in total. The van der Waals surface area contributed by atoms with Gasteiger partial charge in [0.15, 0.2) is 11.4 Å². The molecule has 0 spiro atoms. The molecule has 1 aliphatic heterocycles. The van der Waals surface area contributed by atoms with Crippen LogP contribution in [0.5, 0.6) is 5.75 Å². The number of halogens is 2. The van der Waals surface area contributed by atoms with Gasteiger partial charge >= 0.3 is 0 Å². The number of ether oxygens (including phenoxy) is 1. The third-order valence-corrected chi connectivity index (χ3v) is 5.18. The lowest BCUT2D eigenvalue weighted by molar-refractivity contribution is 0.0750. The first kappa shape index (κ1) is 20.1. The first-order valence-electron chi connectivity index (χ1n) is 10.1. The van der Waals surface area contributed by atoms with Gasteiger partial charge in [0, 0.05) is 13.1 Å². The summed E-state index contributed by atoms with van der Waals surface area (Å²) in [7, 11) is 0. The van der Waals surface area contributed by atoms with Crippen molar-refractivity contribution >= 4 is 5.91 Å². The van der Waals surface area contributed by atoms with E-state index in [1.54, 1.807) is 30.5 Å². The third kappa shape index (κ3) is 4.67. The van der Waals surface area contributed by atoms with Gasteiger partial charge in [-0.25, -0.2) is 13.5 Å². The Balaban J connectivity index is 1.62. The van der Waals surface area contributed by atoms with E-state index in [0.29, 0.717) is 24.5 Å². The maximum atomic E-state index is 13.3. The van der Waals surface area contributed by atoms with Crippen molar-refractivity contribution in [2.45, 2.75) is 32.3 Å². The molecule has 0 saturated carbocycles. The SMILES string of the molecule is O=C(c1nn(-c2ccc(F)cc2)cc1OCc1ccc(F)cc1)N1CCCCCC1. The van der Waals surface area contributed by atoms with Crippen LogP contribution in [0.15, 0.2) is 54.7 Å². The minimum atomic E-state index is -0.348. The molecule has 3 aromatic rings. The number of carbonyl (C=O) groups is 1. The first-order chi connectivity index (χ1) is 14.6. The van der Waals surface area contributed by atoms with Crippen molar-refractivity contribution in [2.24, 2.45) is 0 Å². The summed E-state index contributed by atoms with van der Waals surface area (Å²) in [5.74, 6) is -0.496. The van der Waals surface area contributed by atoms with Crippen molar-refractivity contribution in [2.75, 3.05) is 13.1 Å². The van der Waals surface area contributed by atoms with Crippen molar-refractivity contribution in [1.82, 2.24) is 14.7 Å². The minimum absolute atomic E-state index is 0.174. The highest BCUT2D eigenvalue weighted by atomic mass is 19.1. The van der Waals surface area contributed by atoms with Crippen molar-refractivity contribution in [3.8, 4) is 11.4 Å². The Bertz CT molecular complexity index is 992. The molecule has 156 valence electrons. The first-order valence-corrected chi connectivity index (χ1v) is 10.1. The number of hydrogen-bond donors (Lipinski definition) is 0. The predicted octanol–water partition coefficient (Wildman–Crippen LogP) is 4.75. The number of amides is 1. The maximum absolute atomic E-state index is 13.3. The molecule has 0 unspecified atom stereocenters. The fourth-order valence-electron chi connectivity index (χ4n) is 3.50. The molecular formula is C23H23F2N3O2. The second kappa shape index (κ2) is 9.07. The number of rotatable bonds is 5. The predicted molar refractivity (Wildman–Crippen MR) is 109 cm³/mol. The molecule has 0 atom stereocenters. The van der Waals surface area contributed by atoms with Crippen LogP contribution in [-0.2, 0) is 6.61 Å². The molecule has 4 rings (SSSR count). The van der Waals surface area contributed by atoms with Crippen LogP contribution in [0.2, 0.25) is 0 Å². The van der Waals surface area contributed by atoms with Gasteiger partial charge in [0.1, 0.15) is 18.2 Å². The molecule has 1 saturated heterocycles. The van der Waals surface area contributed by atoms with Crippen molar-refractivity contribution in [1.29, 1.82) is 0 Å². The Kier molecular flexibility index (Phi) is 6.07. The molecule has 1 aliphatic rings. The summed E-state index contributed by atoms with van der Waals surface area (Å²) in [6.45, 7) is 1.56. The standard InChI is InChI=1S/C23H23F2N3O2/c24-18-7-5-17(6-8-18)16-30-21-15-28(20-11-9-19(25)10-12-20)26-22(21)23(29)27-13-3-1-2-4-14-27/h5-12,15H,1-4,13-14,16H2. The molecule has 0 aliphatic carbocycles. The topological polar surface area (TPSA) is 47.4 Å². The molecule has 1 fully saturated rings. The highest BCUT2D eigenvalue weighted by Gasteiger charge is 2.25. The number of carbonyl (C=O) groups excluding carboxylic acids is 1. The summed E-state index contributed by atoms with van der Waals surface area (Å²) in [6, 6.07) is 11.9. The van der Waals surface area contributed by atoms with E-state index in [4.69, 9.17) is 4.74 Å². The van der Waals surface area contributed by atoms with Crippen LogP contribution in [0.25, 0.3) is 5.69 Å². The van der Waals surface area contributed by atoms with Crippen LogP contribution in [0.1, 0.15) is 41.7 Å². The van der Waals surface area contributed by atoms with Crippen molar-refractivity contribution in [3.63, 3.8) is 0 Å². The summed E-state index contributed by atoms with van der Waals surface area (Å²) < 4.78 is 33.9. The fraction of sp³-hybridized carbons (Fsp3) is 0.304. The quantitative estimate of drug-likeness (QED) is 0.609. The fourth-order valence-corrected chi connectivity index (χ4v) is 3.50. The van der Waals surface area contributed by atoms with Crippen LogP contribution >= 0.6 is 0 Å². The third-order valence-electron chi connectivity index (χ3n) is 5.18. The lowest BCUT2D eigenvalue weighted by Crippen LogP contribution is -2.32. The van der Waals surface area contributed by atoms with Gasteiger partial charge < -0.3 is 9.64 Å². The van der Waals surface area contributed by atoms with Crippen molar-refractivity contribution < 1.29 is 18.3 Å². The summed E-state index contributed by atoms with van der Waals surface area (Å²) >= 11 is 0. The minimum Gasteiger partial charge on any atom is -0.485 e. The van der Waals surface area contributed by atoms with Gasteiger partial charge in [-0.15, -0.1) is 0 Å². The van der Waals surface area contributed by atoms with E-state index in [1.807, 2.05) is 4.90 Å². The highest BCUT2D eigenvalue weighted by Crippen LogP contribution is 2.24. The van der Waals surface area contributed by atoms with E-state index in [1.165, 1.54) is 28.9 Å². The van der Waals surface area contributed by atoms with E-state index in [9.17, 15) is 13.6 Å². The number of nitrogens with zero attached hydrogens (tertiary/aromatic N) is 3. The maximum Gasteiger partial charge on any atom is 0.278 e. The summed E-state index contributed by atoms with van der Waals surface area (Å²) in [4.78, 5) is 15.0. The van der Waals surface area contributed by atoms with Gasteiger partial charge in [-0.3, -0.25) is 4.79 Å². The van der Waals surface area contributed by atoms with Gasteiger partial charge in [0.25, 0.3) is 5.91 Å². The normalized spacial score (nSPS) is 14.4. The molecule has 0 bridgehead atoms. The largest absolute Gasteiger partial charge is 0.485 e. The van der Waals surface area contributed by atoms with E-state index < -0.39 is 0 Å². The van der Waals surface area contributed by atoms with Crippen LogP contribution in [-0.4, -0.2) is 33.7 Å². The van der Waals surface area contributed by atoms with Gasteiger partial charge in [0.05, 0.1) is 11.9 Å². The summed E-state index contributed by atoms with van der Waals surface area (Å²) in [5.41, 5.74) is 1.63. The van der Waals surface area contributed by atoms with E-state index in [-0.39, 0.29) is 29.8 Å². The van der Waals surface area contributed by atoms with Crippen LogP contribution in [0.4, 0.5) is 8.78 Å². The number of benzene rings is 2. The zero-order valence-corrected chi connectivity index (χ0v) is 16.6. The molecular weight excluding hydrogens is 388 g/mol. The van der Waals surface area contributed by atoms with Crippen LogP contribution < -0.4 is 4.74 Å². The second-order valence-electron chi connectivity index (χ2n) is 7.38. The Morgan fingerprint density at radius 2 is 1.50 bits per heavy atom. The monoisotopic (exact) mass is 411 g/mol. The molecule has 1 amide bonds.